The van der Waals surface area contributed by atoms with Crippen LogP contribution in [0.3, 0.4) is 0 Å². The lowest BCUT2D eigenvalue weighted by Gasteiger charge is -2.18. The summed E-state index contributed by atoms with van der Waals surface area (Å²) in [6.07, 6.45) is 6.49. The molecule has 0 bridgehead atoms. The van der Waals surface area contributed by atoms with E-state index in [4.69, 9.17) is 4.74 Å². The molecule has 0 saturated heterocycles. The van der Waals surface area contributed by atoms with E-state index in [2.05, 4.69) is 10.0 Å². The fourth-order valence-electron chi connectivity index (χ4n) is 3.21. The van der Waals surface area contributed by atoms with Crippen LogP contribution < -0.4 is 10.0 Å². The van der Waals surface area contributed by atoms with E-state index >= 15 is 0 Å². The summed E-state index contributed by atoms with van der Waals surface area (Å²) in [5.74, 6) is 0. The molecule has 1 aliphatic carbocycles. The Kier molecular flexibility index (Phi) is 7.36. The summed E-state index contributed by atoms with van der Waals surface area (Å²) in [5, 5.41) is 14.7. The van der Waals surface area contributed by atoms with Crippen LogP contribution in [0.5, 0.6) is 0 Å². The monoisotopic (exact) mass is 385 g/mol. The van der Waals surface area contributed by atoms with E-state index in [1.165, 1.54) is 32.1 Å². The summed E-state index contributed by atoms with van der Waals surface area (Å²) in [6.45, 7) is 1.88. The minimum Gasteiger partial charge on any atom is -0.383 e. The third-order valence-corrected chi connectivity index (χ3v) is 6.05. The molecule has 9 heteroatoms. The van der Waals surface area contributed by atoms with Crippen molar-refractivity contribution in [2.45, 2.75) is 62.4 Å². The van der Waals surface area contributed by atoms with Gasteiger partial charge >= 0.3 is 0 Å². The summed E-state index contributed by atoms with van der Waals surface area (Å²) in [6, 6.07) is 3.74. The zero-order valence-corrected chi connectivity index (χ0v) is 16.0. The molecule has 1 aromatic rings. The Morgan fingerprint density at radius 3 is 2.50 bits per heavy atom. The van der Waals surface area contributed by atoms with Crippen LogP contribution in [0.25, 0.3) is 0 Å². The van der Waals surface area contributed by atoms with Gasteiger partial charge < -0.3 is 10.1 Å². The molecular weight excluding hydrogens is 358 g/mol. The minimum absolute atomic E-state index is 0.126. The van der Waals surface area contributed by atoms with E-state index < -0.39 is 21.0 Å². The molecular formula is C17H27N3O5S. The van der Waals surface area contributed by atoms with E-state index in [0.29, 0.717) is 5.69 Å². The molecule has 0 unspecified atom stereocenters. The number of ether oxygens (including phenoxy) is 1. The molecule has 0 radical (unpaired) electrons. The number of nitro groups is 1. The first-order valence-electron chi connectivity index (χ1n) is 8.89. The minimum atomic E-state index is -3.86. The Morgan fingerprint density at radius 1 is 1.27 bits per heavy atom. The smallest absolute Gasteiger partial charge is 0.293 e. The van der Waals surface area contributed by atoms with E-state index in [1.807, 2.05) is 0 Å². The van der Waals surface area contributed by atoms with Crippen LogP contribution in [0, 0.1) is 10.1 Å². The molecule has 0 heterocycles. The first-order chi connectivity index (χ1) is 12.3. The molecule has 8 nitrogen and oxygen atoms in total. The van der Waals surface area contributed by atoms with Gasteiger partial charge in [-0.1, -0.05) is 25.7 Å². The number of benzene rings is 1. The zero-order valence-electron chi connectivity index (χ0n) is 15.2. The molecule has 26 heavy (non-hydrogen) atoms. The predicted octanol–water partition coefficient (Wildman–Crippen LogP) is 3.04. The highest BCUT2D eigenvalue weighted by Gasteiger charge is 2.24. The van der Waals surface area contributed by atoms with Crippen molar-refractivity contribution in [1.82, 2.24) is 4.72 Å². The van der Waals surface area contributed by atoms with Gasteiger partial charge in [0, 0.05) is 25.3 Å². The number of rotatable bonds is 8. The van der Waals surface area contributed by atoms with E-state index in [-0.39, 0.29) is 23.2 Å². The lowest BCUT2D eigenvalue weighted by molar-refractivity contribution is -0.384. The van der Waals surface area contributed by atoms with Crippen molar-refractivity contribution in [3.8, 4) is 0 Å². The first kappa shape index (κ1) is 20.6. The van der Waals surface area contributed by atoms with Crippen LogP contribution in [0.15, 0.2) is 23.1 Å². The number of anilines is 1. The molecule has 2 rings (SSSR count). The highest BCUT2D eigenvalue weighted by Crippen LogP contribution is 2.30. The fourth-order valence-corrected chi connectivity index (χ4v) is 4.46. The Labute approximate surface area is 154 Å². The second-order valence-electron chi connectivity index (χ2n) is 6.75. The third-order valence-electron chi connectivity index (χ3n) is 4.46. The lowest BCUT2D eigenvalue weighted by atomic mass is 10.1. The Bertz CT molecular complexity index is 715. The number of sulfonamides is 1. The van der Waals surface area contributed by atoms with E-state index in [0.717, 1.165) is 31.7 Å². The summed E-state index contributed by atoms with van der Waals surface area (Å²) < 4.78 is 32.2. The van der Waals surface area contributed by atoms with Crippen LogP contribution >= 0.6 is 0 Å². The van der Waals surface area contributed by atoms with Crippen LogP contribution in [-0.2, 0) is 14.8 Å². The maximum atomic E-state index is 12.4. The Balaban J connectivity index is 2.23. The van der Waals surface area contributed by atoms with Crippen LogP contribution in [0.4, 0.5) is 11.4 Å². The summed E-state index contributed by atoms with van der Waals surface area (Å²) in [5.41, 5.74) is 0.141. The second kappa shape index (κ2) is 9.29. The molecule has 1 saturated carbocycles. The van der Waals surface area contributed by atoms with Crippen LogP contribution in [0.2, 0.25) is 0 Å². The SMILES string of the molecule is COC[C@H](C)NS(=O)(=O)c1ccc(NC2CCCCCC2)c([N+](=O)[O-])c1. The maximum Gasteiger partial charge on any atom is 0.293 e. The molecule has 146 valence electrons. The van der Waals surface area contributed by atoms with Crippen molar-refractivity contribution in [3.63, 3.8) is 0 Å². The van der Waals surface area contributed by atoms with Crippen LogP contribution in [0.1, 0.15) is 45.4 Å². The lowest BCUT2D eigenvalue weighted by Crippen LogP contribution is -2.35. The van der Waals surface area contributed by atoms with Gasteiger partial charge in [0.15, 0.2) is 0 Å². The quantitative estimate of drug-likeness (QED) is 0.404. The average Bonchev–Trinajstić information content (AvgIpc) is 2.83. The number of nitrogens with one attached hydrogen (secondary N) is 2. The number of nitro benzene ring substituents is 1. The van der Waals surface area contributed by atoms with E-state index in [1.54, 1.807) is 6.92 Å². The standard InChI is InChI=1S/C17H27N3O5S/c1-13(12-25-2)19-26(23,24)15-9-10-16(17(11-15)20(21)22)18-14-7-5-3-4-6-8-14/h9-11,13-14,18-19H,3-8,12H2,1-2H3/t13-/m0/s1. The fraction of sp³-hybridized carbons (Fsp3) is 0.647. The number of methoxy groups -OCH3 is 1. The number of hydrogen-bond acceptors (Lipinski definition) is 6. The number of nitrogens with zero attached hydrogens (tertiary/aromatic N) is 1. The molecule has 2 N–H and O–H groups in total. The topological polar surface area (TPSA) is 111 Å². The van der Waals surface area contributed by atoms with Crippen molar-refractivity contribution < 1.29 is 18.1 Å². The van der Waals surface area contributed by atoms with Crippen molar-refractivity contribution in [3.05, 3.63) is 28.3 Å². The van der Waals surface area contributed by atoms with Gasteiger partial charge in [0.2, 0.25) is 10.0 Å². The van der Waals surface area contributed by atoms with Crippen molar-refractivity contribution >= 4 is 21.4 Å². The normalized spacial score (nSPS) is 17.5. The molecule has 0 spiro atoms. The molecule has 1 fully saturated rings. The molecule has 0 amide bonds. The Hall–Kier alpha value is -1.71. The highest BCUT2D eigenvalue weighted by molar-refractivity contribution is 7.89. The zero-order chi connectivity index (χ0) is 19.2. The third kappa shape index (κ3) is 5.65. The summed E-state index contributed by atoms with van der Waals surface area (Å²) in [4.78, 5) is 10.8. The van der Waals surface area contributed by atoms with Crippen molar-refractivity contribution in [1.29, 1.82) is 0 Å². The van der Waals surface area contributed by atoms with Crippen LogP contribution in [-0.4, -0.2) is 39.1 Å². The van der Waals surface area contributed by atoms with Gasteiger partial charge in [-0.15, -0.1) is 0 Å². The van der Waals surface area contributed by atoms with Crippen molar-refractivity contribution in [2.24, 2.45) is 0 Å². The molecule has 0 aliphatic heterocycles. The van der Waals surface area contributed by atoms with Crippen molar-refractivity contribution in [2.75, 3.05) is 19.0 Å². The largest absolute Gasteiger partial charge is 0.383 e. The average molecular weight is 385 g/mol. The van der Waals surface area contributed by atoms with Gasteiger partial charge in [-0.2, -0.15) is 0 Å². The van der Waals surface area contributed by atoms with Gasteiger partial charge in [0.25, 0.3) is 5.69 Å². The van der Waals surface area contributed by atoms with Gasteiger partial charge in [0.05, 0.1) is 16.4 Å². The van der Waals surface area contributed by atoms with Gasteiger partial charge in [-0.25, -0.2) is 13.1 Å². The highest BCUT2D eigenvalue weighted by atomic mass is 32.2. The first-order valence-corrected chi connectivity index (χ1v) is 10.4. The van der Waals surface area contributed by atoms with Gasteiger partial charge in [-0.05, 0) is 31.9 Å². The van der Waals surface area contributed by atoms with E-state index in [9.17, 15) is 18.5 Å². The molecule has 0 aromatic heterocycles. The van der Waals surface area contributed by atoms with Gasteiger partial charge in [0.1, 0.15) is 5.69 Å². The summed E-state index contributed by atoms with van der Waals surface area (Å²) >= 11 is 0. The summed E-state index contributed by atoms with van der Waals surface area (Å²) in [7, 11) is -2.38. The molecule has 1 atom stereocenters. The second-order valence-corrected chi connectivity index (χ2v) is 8.46. The predicted molar refractivity (Wildman–Crippen MR) is 99.9 cm³/mol. The maximum absolute atomic E-state index is 12.4. The van der Waals surface area contributed by atoms with Gasteiger partial charge in [-0.3, -0.25) is 10.1 Å². The Morgan fingerprint density at radius 2 is 1.92 bits per heavy atom. The number of hydrogen-bond donors (Lipinski definition) is 2. The molecule has 1 aliphatic rings. The molecule has 1 aromatic carbocycles.